The van der Waals surface area contributed by atoms with Crippen molar-refractivity contribution in [3.8, 4) is 5.75 Å². The molecule has 0 aliphatic carbocycles. The van der Waals surface area contributed by atoms with E-state index in [1.165, 1.54) is 29.8 Å². The molecule has 0 unspecified atom stereocenters. The number of hydrogen-bond donors (Lipinski definition) is 0. The van der Waals surface area contributed by atoms with Gasteiger partial charge in [0.25, 0.3) is 11.1 Å². The summed E-state index contributed by atoms with van der Waals surface area (Å²) in [6, 6.07) is 15.9. The highest BCUT2D eigenvalue weighted by atomic mass is 32.2. The number of nitrogens with zero attached hydrogens (tertiary/aromatic N) is 2. The standard InChI is InChI=1S/C24H26N2O3S/c1-18-5-11-21(12-6-18)29-16-15-26-23(27)22(30-24(26)28)17-19-7-9-20(10-8-19)25-13-3-2-4-14-25/h5-12,17H,2-4,13-16H2,1H3/b22-17-. The molecule has 2 aliphatic rings. The molecule has 5 nitrogen and oxygen atoms in total. The van der Waals surface area contributed by atoms with Gasteiger partial charge in [-0.2, -0.15) is 0 Å². The summed E-state index contributed by atoms with van der Waals surface area (Å²) in [5.41, 5.74) is 3.30. The molecule has 0 atom stereocenters. The molecule has 2 aliphatic heterocycles. The monoisotopic (exact) mass is 422 g/mol. The van der Waals surface area contributed by atoms with Crippen LogP contribution in [-0.2, 0) is 4.79 Å². The average molecular weight is 423 g/mol. The zero-order chi connectivity index (χ0) is 20.9. The molecular formula is C24H26N2O3S. The second-order valence-corrected chi connectivity index (χ2v) is 8.63. The molecule has 6 heteroatoms. The second-order valence-electron chi connectivity index (χ2n) is 7.63. The molecule has 0 spiro atoms. The molecule has 2 saturated heterocycles. The lowest BCUT2D eigenvalue weighted by Gasteiger charge is -2.28. The van der Waals surface area contributed by atoms with Gasteiger partial charge in [-0.3, -0.25) is 14.5 Å². The predicted octanol–water partition coefficient (Wildman–Crippen LogP) is 5.10. The van der Waals surface area contributed by atoms with Crippen LogP contribution in [0.25, 0.3) is 6.08 Å². The normalized spacial score (nSPS) is 18.4. The summed E-state index contributed by atoms with van der Waals surface area (Å²) >= 11 is 0.990. The number of imide groups is 1. The van der Waals surface area contributed by atoms with Gasteiger partial charge in [0.15, 0.2) is 0 Å². The van der Waals surface area contributed by atoms with Crippen molar-refractivity contribution in [1.29, 1.82) is 0 Å². The van der Waals surface area contributed by atoms with Crippen LogP contribution < -0.4 is 9.64 Å². The van der Waals surface area contributed by atoms with Gasteiger partial charge < -0.3 is 9.64 Å². The lowest BCUT2D eigenvalue weighted by atomic mass is 10.1. The van der Waals surface area contributed by atoms with Gasteiger partial charge in [-0.15, -0.1) is 0 Å². The Balaban J connectivity index is 1.35. The van der Waals surface area contributed by atoms with E-state index in [9.17, 15) is 9.59 Å². The van der Waals surface area contributed by atoms with E-state index in [0.29, 0.717) is 4.91 Å². The number of aryl methyl sites for hydroxylation is 1. The minimum absolute atomic E-state index is 0.240. The third-order valence-electron chi connectivity index (χ3n) is 5.39. The molecular weight excluding hydrogens is 396 g/mol. The molecule has 0 N–H and O–H groups in total. The van der Waals surface area contributed by atoms with Gasteiger partial charge in [0, 0.05) is 18.8 Å². The zero-order valence-corrected chi connectivity index (χ0v) is 18.0. The largest absolute Gasteiger partial charge is 0.492 e. The van der Waals surface area contributed by atoms with Crippen LogP contribution in [0.3, 0.4) is 0 Å². The topological polar surface area (TPSA) is 49.9 Å². The third kappa shape index (κ3) is 4.87. The van der Waals surface area contributed by atoms with Crippen LogP contribution in [0.15, 0.2) is 53.4 Å². The van der Waals surface area contributed by atoms with Crippen LogP contribution in [0.4, 0.5) is 10.5 Å². The third-order valence-corrected chi connectivity index (χ3v) is 6.30. The van der Waals surface area contributed by atoms with E-state index in [4.69, 9.17) is 4.74 Å². The minimum atomic E-state index is -0.252. The quantitative estimate of drug-likeness (QED) is 0.606. The molecule has 0 radical (unpaired) electrons. The summed E-state index contributed by atoms with van der Waals surface area (Å²) < 4.78 is 5.66. The summed E-state index contributed by atoms with van der Waals surface area (Å²) in [6.07, 6.45) is 5.58. The Morgan fingerprint density at radius 3 is 2.37 bits per heavy atom. The van der Waals surface area contributed by atoms with Crippen molar-refractivity contribution >= 4 is 34.7 Å². The molecule has 156 valence electrons. The Morgan fingerprint density at radius 2 is 1.67 bits per heavy atom. The van der Waals surface area contributed by atoms with Crippen LogP contribution >= 0.6 is 11.8 Å². The number of hydrogen-bond acceptors (Lipinski definition) is 5. The van der Waals surface area contributed by atoms with Crippen molar-refractivity contribution in [2.24, 2.45) is 0 Å². The maximum Gasteiger partial charge on any atom is 0.293 e. The fraction of sp³-hybridized carbons (Fsp3) is 0.333. The Labute approximate surface area is 181 Å². The zero-order valence-electron chi connectivity index (χ0n) is 17.2. The van der Waals surface area contributed by atoms with Gasteiger partial charge in [-0.25, -0.2) is 0 Å². The van der Waals surface area contributed by atoms with Crippen LogP contribution in [-0.4, -0.2) is 42.3 Å². The van der Waals surface area contributed by atoms with Crippen LogP contribution in [0, 0.1) is 6.92 Å². The average Bonchev–Trinajstić information content (AvgIpc) is 3.03. The SMILES string of the molecule is Cc1ccc(OCCN2C(=O)S/C(=C\c3ccc(N4CCCCC4)cc3)C2=O)cc1. The van der Waals surface area contributed by atoms with Crippen molar-refractivity contribution in [2.75, 3.05) is 31.1 Å². The smallest absolute Gasteiger partial charge is 0.293 e. The molecule has 0 bridgehead atoms. The number of thioether (sulfide) groups is 1. The first-order valence-corrected chi connectivity index (χ1v) is 11.2. The van der Waals surface area contributed by atoms with Gasteiger partial charge in [0.2, 0.25) is 0 Å². The summed E-state index contributed by atoms with van der Waals surface area (Å²) in [7, 11) is 0. The Morgan fingerprint density at radius 1 is 0.967 bits per heavy atom. The number of anilines is 1. The first-order valence-electron chi connectivity index (χ1n) is 10.4. The highest BCUT2D eigenvalue weighted by Crippen LogP contribution is 2.32. The highest BCUT2D eigenvalue weighted by Gasteiger charge is 2.34. The summed E-state index contributed by atoms with van der Waals surface area (Å²) in [5.74, 6) is 0.481. The van der Waals surface area contributed by atoms with E-state index in [-0.39, 0.29) is 24.3 Å². The summed E-state index contributed by atoms with van der Waals surface area (Å²) in [4.78, 5) is 29.1. The van der Waals surface area contributed by atoms with E-state index < -0.39 is 0 Å². The van der Waals surface area contributed by atoms with Crippen molar-refractivity contribution in [3.05, 3.63) is 64.6 Å². The predicted molar refractivity (Wildman–Crippen MR) is 122 cm³/mol. The first kappa shape index (κ1) is 20.5. The number of rotatable bonds is 6. The number of piperidine rings is 1. The number of carbonyl (C=O) groups is 2. The number of amides is 2. The molecule has 2 aromatic carbocycles. The maximum atomic E-state index is 12.7. The molecule has 2 heterocycles. The summed E-state index contributed by atoms with van der Waals surface area (Å²) in [5, 5.41) is -0.247. The Kier molecular flexibility index (Phi) is 6.43. The van der Waals surface area contributed by atoms with Crippen LogP contribution in [0.2, 0.25) is 0 Å². The second kappa shape index (κ2) is 9.39. The van der Waals surface area contributed by atoms with Crippen molar-refractivity contribution in [2.45, 2.75) is 26.2 Å². The Hall–Kier alpha value is -2.73. The van der Waals surface area contributed by atoms with Crippen LogP contribution in [0.1, 0.15) is 30.4 Å². The molecule has 2 aromatic rings. The van der Waals surface area contributed by atoms with E-state index >= 15 is 0 Å². The highest BCUT2D eigenvalue weighted by molar-refractivity contribution is 8.18. The van der Waals surface area contributed by atoms with E-state index in [0.717, 1.165) is 41.7 Å². The van der Waals surface area contributed by atoms with Crippen molar-refractivity contribution in [1.82, 2.24) is 4.90 Å². The molecule has 4 rings (SSSR count). The van der Waals surface area contributed by atoms with E-state index in [1.807, 2.05) is 43.3 Å². The lowest BCUT2D eigenvalue weighted by Crippen LogP contribution is -2.32. The van der Waals surface area contributed by atoms with E-state index in [2.05, 4.69) is 17.0 Å². The number of ether oxygens (including phenoxy) is 1. The van der Waals surface area contributed by atoms with Gasteiger partial charge in [-0.1, -0.05) is 29.8 Å². The van der Waals surface area contributed by atoms with Gasteiger partial charge >= 0.3 is 0 Å². The number of carbonyl (C=O) groups excluding carboxylic acids is 2. The minimum Gasteiger partial charge on any atom is -0.492 e. The fourth-order valence-electron chi connectivity index (χ4n) is 3.67. The molecule has 30 heavy (non-hydrogen) atoms. The Bertz CT molecular complexity index is 932. The van der Waals surface area contributed by atoms with Crippen molar-refractivity contribution < 1.29 is 14.3 Å². The molecule has 0 aromatic heterocycles. The molecule has 0 saturated carbocycles. The number of benzene rings is 2. The first-order chi connectivity index (χ1) is 14.6. The molecule has 2 amide bonds. The van der Waals surface area contributed by atoms with Gasteiger partial charge in [0.05, 0.1) is 11.4 Å². The van der Waals surface area contributed by atoms with E-state index in [1.54, 1.807) is 6.08 Å². The van der Waals surface area contributed by atoms with Gasteiger partial charge in [0.1, 0.15) is 12.4 Å². The maximum absolute atomic E-state index is 12.7. The summed E-state index contributed by atoms with van der Waals surface area (Å²) in [6.45, 7) is 4.73. The van der Waals surface area contributed by atoms with Crippen molar-refractivity contribution in [3.63, 3.8) is 0 Å². The van der Waals surface area contributed by atoms with Crippen LogP contribution in [0.5, 0.6) is 5.75 Å². The lowest BCUT2D eigenvalue weighted by molar-refractivity contribution is -0.123. The van der Waals surface area contributed by atoms with Gasteiger partial charge in [-0.05, 0) is 73.9 Å². The molecule has 2 fully saturated rings. The fourth-order valence-corrected chi connectivity index (χ4v) is 4.53.